The molecule has 9 nitrogen and oxygen atoms in total. The predicted molar refractivity (Wildman–Crippen MR) is 119 cm³/mol. The van der Waals surface area contributed by atoms with Crippen LogP contribution in [0.15, 0.2) is 36.4 Å². The lowest BCUT2D eigenvalue weighted by Crippen LogP contribution is -2.42. The number of nitrogens with one attached hydrogen (secondary N) is 2. The number of methoxy groups -OCH3 is 1. The van der Waals surface area contributed by atoms with E-state index >= 15 is 0 Å². The van der Waals surface area contributed by atoms with Crippen molar-refractivity contribution >= 4 is 11.8 Å². The second kappa shape index (κ2) is 9.95. The van der Waals surface area contributed by atoms with Gasteiger partial charge in [-0.2, -0.15) is 9.90 Å². The Morgan fingerprint density at radius 1 is 0.969 bits per heavy atom. The van der Waals surface area contributed by atoms with Gasteiger partial charge in [-0.15, -0.1) is 5.10 Å². The van der Waals surface area contributed by atoms with E-state index in [-0.39, 0.29) is 5.69 Å². The van der Waals surface area contributed by atoms with Gasteiger partial charge in [0, 0.05) is 5.56 Å². The number of aryl methyl sites for hydroxylation is 3. The smallest absolute Gasteiger partial charge is 0.292 e. The fourth-order valence-electron chi connectivity index (χ4n) is 3.11. The number of amides is 2. The number of hydrogen-bond acceptors (Lipinski definition) is 6. The molecular weight excluding hydrogens is 410 g/mol. The molecule has 0 unspecified atom stereocenters. The Hall–Kier alpha value is -3.88. The van der Waals surface area contributed by atoms with E-state index in [4.69, 9.17) is 9.47 Å². The summed E-state index contributed by atoms with van der Waals surface area (Å²) in [6.45, 7) is 8.18. The van der Waals surface area contributed by atoms with Crippen molar-refractivity contribution in [1.82, 2.24) is 25.8 Å². The van der Waals surface area contributed by atoms with Crippen molar-refractivity contribution in [3.8, 4) is 17.2 Å². The highest BCUT2D eigenvalue weighted by Gasteiger charge is 2.18. The second-order valence-electron chi connectivity index (χ2n) is 7.34. The number of rotatable bonds is 7. The molecule has 0 spiro atoms. The summed E-state index contributed by atoms with van der Waals surface area (Å²) in [7, 11) is 1.50. The van der Waals surface area contributed by atoms with E-state index in [9.17, 15) is 9.59 Å². The van der Waals surface area contributed by atoms with Crippen LogP contribution in [0.1, 0.15) is 51.0 Å². The number of hydrogen-bond donors (Lipinski definition) is 2. The van der Waals surface area contributed by atoms with Crippen molar-refractivity contribution in [3.05, 3.63) is 64.5 Å². The van der Waals surface area contributed by atoms with E-state index in [0.717, 1.165) is 23.2 Å². The first-order valence-corrected chi connectivity index (χ1v) is 10.3. The quantitative estimate of drug-likeness (QED) is 0.550. The third-order valence-corrected chi connectivity index (χ3v) is 4.74. The molecule has 0 saturated heterocycles. The highest BCUT2D eigenvalue weighted by atomic mass is 16.5. The van der Waals surface area contributed by atoms with Crippen molar-refractivity contribution in [2.24, 2.45) is 0 Å². The third kappa shape index (κ3) is 5.05. The molecule has 32 heavy (non-hydrogen) atoms. The van der Waals surface area contributed by atoms with Crippen molar-refractivity contribution in [2.75, 3.05) is 13.7 Å². The maximum atomic E-state index is 12.6. The minimum atomic E-state index is -0.568. The molecule has 9 heteroatoms. The van der Waals surface area contributed by atoms with Gasteiger partial charge in [0.2, 0.25) is 0 Å². The number of benzene rings is 2. The number of carbonyl (C=O) groups excluding carboxylic acids is 2. The molecule has 2 N–H and O–H groups in total. The Balaban J connectivity index is 1.69. The molecule has 0 radical (unpaired) electrons. The van der Waals surface area contributed by atoms with Crippen molar-refractivity contribution in [3.63, 3.8) is 0 Å². The lowest BCUT2D eigenvalue weighted by Gasteiger charge is -2.12. The van der Waals surface area contributed by atoms with Crippen LogP contribution in [0.2, 0.25) is 0 Å². The molecule has 0 aliphatic carbocycles. The van der Waals surface area contributed by atoms with Crippen LogP contribution < -0.4 is 20.3 Å². The molecule has 0 aliphatic heterocycles. The van der Waals surface area contributed by atoms with Gasteiger partial charge in [0.15, 0.2) is 17.2 Å². The number of nitrogens with zero attached hydrogens (tertiary/aromatic N) is 3. The summed E-state index contributed by atoms with van der Waals surface area (Å²) in [6, 6.07) is 10.7. The maximum absolute atomic E-state index is 12.6. The Bertz CT molecular complexity index is 1140. The van der Waals surface area contributed by atoms with Crippen molar-refractivity contribution in [1.29, 1.82) is 0 Å². The highest BCUT2D eigenvalue weighted by molar-refractivity contribution is 5.99. The summed E-state index contributed by atoms with van der Waals surface area (Å²) >= 11 is 0. The predicted octanol–water partition coefficient (Wildman–Crippen LogP) is 3.06. The molecular formula is C23H27N5O4. The SMILES string of the molecule is CCCOc1ccc(C(=O)NNC(=O)c2nn(-c3ccc(C)cc3C)nc2C)cc1OC. The van der Waals surface area contributed by atoms with Gasteiger partial charge >= 0.3 is 0 Å². The first-order chi connectivity index (χ1) is 15.3. The van der Waals surface area contributed by atoms with Crippen LogP contribution in [0.5, 0.6) is 11.5 Å². The molecule has 168 valence electrons. The van der Waals surface area contributed by atoms with Gasteiger partial charge < -0.3 is 9.47 Å². The standard InChI is InChI=1S/C23H27N5O4/c1-6-11-32-19-10-8-17(13-20(19)31-5)22(29)24-25-23(30)21-16(4)26-28(27-21)18-9-7-14(2)12-15(18)3/h7-10,12-13H,6,11H2,1-5H3,(H,24,29)(H,25,30). The van der Waals surface area contributed by atoms with Gasteiger partial charge in [-0.25, -0.2) is 0 Å². The summed E-state index contributed by atoms with van der Waals surface area (Å²) in [6.07, 6.45) is 0.852. The Morgan fingerprint density at radius 2 is 1.72 bits per heavy atom. The van der Waals surface area contributed by atoms with Gasteiger partial charge in [0.25, 0.3) is 11.8 Å². The molecule has 0 aliphatic rings. The van der Waals surface area contributed by atoms with E-state index in [1.807, 2.05) is 39.0 Å². The van der Waals surface area contributed by atoms with Crippen LogP contribution in [0, 0.1) is 20.8 Å². The number of aromatic nitrogens is 3. The van der Waals surface area contributed by atoms with Gasteiger partial charge in [-0.1, -0.05) is 24.6 Å². The van der Waals surface area contributed by atoms with E-state index in [1.54, 1.807) is 25.1 Å². The van der Waals surface area contributed by atoms with Gasteiger partial charge in [-0.05, 0) is 57.0 Å². The zero-order chi connectivity index (χ0) is 23.3. The monoisotopic (exact) mass is 437 g/mol. The van der Waals surface area contributed by atoms with E-state index in [1.165, 1.54) is 11.9 Å². The van der Waals surface area contributed by atoms with Crippen LogP contribution in [0.25, 0.3) is 5.69 Å². The maximum Gasteiger partial charge on any atom is 0.292 e. The highest BCUT2D eigenvalue weighted by Crippen LogP contribution is 2.28. The normalized spacial score (nSPS) is 10.5. The first-order valence-electron chi connectivity index (χ1n) is 10.3. The molecule has 2 amide bonds. The van der Waals surface area contributed by atoms with Crippen LogP contribution in [-0.2, 0) is 0 Å². The Morgan fingerprint density at radius 3 is 2.41 bits per heavy atom. The molecule has 1 heterocycles. The average molecular weight is 438 g/mol. The number of carbonyl (C=O) groups is 2. The molecule has 0 atom stereocenters. The fourth-order valence-corrected chi connectivity index (χ4v) is 3.11. The zero-order valence-electron chi connectivity index (χ0n) is 18.9. The average Bonchev–Trinajstić information content (AvgIpc) is 3.16. The number of ether oxygens (including phenoxy) is 2. The summed E-state index contributed by atoms with van der Waals surface area (Å²) < 4.78 is 10.9. The number of hydrazine groups is 1. The minimum Gasteiger partial charge on any atom is -0.493 e. The van der Waals surface area contributed by atoms with Gasteiger partial charge in [0.05, 0.1) is 25.1 Å². The molecule has 1 aromatic heterocycles. The molecule has 0 fully saturated rings. The largest absolute Gasteiger partial charge is 0.493 e. The molecule has 3 rings (SSSR count). The Labute approximate surface area is 186 Å². The third-order valence-electron chi connectivity index (χ3n) is 4.74. The second-order valence-corrected chi connectivity index (χ2v) is 7.34. The molecule has 3 aromatic rings. The first kappa shape index (κ1) is 22.8. The van der Waals surface area contributed by atoms with Gasteiger partial charge in [-0.3, -0.25) is 20.4 Å². The van der Waals surface area contributed by atoms with E-state index in [0.29, 0.717) is 29.4 Å². The van der Waals surface area contributed by atoms with E-state index < -0.39 is 11.8 Å². The van der Waals surface area contributed by atoms with Crippen LogP contribution in [0.4, 0.5) is 0 Å². The van der Waals surface area contributed by atoms with Crippen LogP contribution in [0.3, 0.4) is 0 Å². The molecule has 0 saturated carbocycles. The fraction of sp³-hybridized carbons (Fsp3) is 0.304. The lowest BCUT2D eigenvalue weighted by molar-refractivity contribution is 0.0843. The molecule has 0 bridgehead atoms. The minimum absolute atomic E-state index is 0.117. The van der Waals surface area contributed by atoms with Crippen LogP contribution in [-0.4, -0.2) is 40.5 Å². The molecule has 2 aromatic carbocycles. The topological polar surface area (TPSA) is 107 Å². The van der Waals surface area contributed by atoms with Crippen molar-refractivity contribution < 1.29 is 19.1 Å². The lowest BCUT2D eigenvalue weighted by atomic mass is 10.1. The Kier molecular flexibility index (Phi) is 7.09. The zero-order valence-corrected chi connectivity index (χ0v) is 18.9. The summed E-state index contributed by atoms with van der Waals surface area (Å²) in [5, 5.41) is 8.63. The van der Waals surface area contributed by atoms with E-state index in [2.05, 4.69) is 21.0 Å². The van der Waals surface area contributed by atoms with Crippen molar-refractivity contribution in [2.45, 2.75) is 34.1 Å². The summed E-state index contributed by atoms with van der Waals surface area (Å²) in [5.41, 5.74) is 8.53. The van der Waals surface area contributed by atoms with Crippen LogP contribution >= 0.6 is 0 Å². The van der Waals surface area contributed by atoms with Gasteiger partial charge in [0.1, 0.15) is 0 Å². The summed E-state index contributed by atoms with van der Waals surface area (Å²) in [5.74, 6) is -0.0851. The summed E-state index contributed by atoms with van der Waals surface area (Å²) in [4.78, 5) is 26.5.